The number of hydrogen-bond donors (Lipinski definition) is 0. The third kappa shape index (κ3) is 2.79. The summed E-state index contributed by atoms with van der Waals surface area (Å²) in [7, 11) is 0. The van der Waals surface area contributed by atoms with E-state index >= 15 is 0 Å². The number of halogens is 2. The minimum atomic E-state index is -1.18. The normalized spacial score (nSPS) is 26.5. The van der Waals surface area contributed by atoms with Crippen LogP contribution in [0.3, 0.4) is 0 Å². The molecular weight excluding hydrogens is 259 g/mol. The standard InChI is InChI=1S/C12H14BrFO/c13-11-5-2-1-4-10(11)8-12(14)6-3-7-15-9-12/h1-2,4-5H,3,6-9H2. The molecule has 82 valence electrons. The van der Waals surface area contributed by atoms with Crippen molar-refractivity contribution >= 4 is 15.9 Å². The van der Waals surface area contributed by atoms with Crippen LogP contribution in [0.4, 0.5) is 4.39 Å². The second kappa shape index (κ2) is 4.62. The molecule has 1 unspecified atom stereocenters. The van der Waals surface area contributed by atoms with Crippen molar-refractivity contribution in [1.82, 2.24) is 0 Å². The topological polar surface area (TPSA) is 9.23 Å². The third-order valence-corrected chi connectivity index (χ3v) is 3.51. The van der Waals surface area contributed by atoms with Crippen LogP contribution in [0.5, 0.6) is 0 Å². The Labute approximate surface area is 97.8 Å². The van der Waals surface area contributed by atoms with Crippen LogP contribution in [0.1, 0.15) is 18.4 Å². The summed E-state index contributed by atoms with van der Waals surface area (Å²) >= 11 is 3.44. The summed E-state index contributed by atoms with van der Waals surface area (Å²) in [5.41, 5.74) is -0.159. The molecule has 1 saturated heterocycles. The molecule has 1 aliphatic heterocycles. The first-order valence-electron chi connectivity index (χ1n) is 5.20. The van der Waals surface area contributed by atoms with Crippen molar-refractivity contribution < 1.29 is 9.13 Å². The molecule has 0 amide bonds. The van der Waals surface area contributed by atoms with Crippen LogP contribution < -0.4 is 0 Å². The van der Waals surface area contributed by atoms with E-state index in [0.29, 0.717) is 19.4 Å². The Morgan fingerprint density at radius 1 is 1.40 bits per heavy atom. The predicted octanol–water partition coefficient (Wildman–Crippen LogP) is 3.51. The first-order valence-corrected chi connectivity index (χ1v) is 5.99. The van der Waals surface area contributed by atoms with Crippen molar-refractivity contribution in [3.05, 3.63) is 34.3 Å². The second-order valence-corrected chi connectivity index (χ2v) is 4.93. The van der Waals surface area contributed by atoms with Crippen molar-refractivity contribution in [2.45, 2.75) is 24.9 Å². The van der Waals surface area contributed by atoms with Crippen LogP contribution in [0.15, 0.2) is 28.7 Å². The maximum absolute atomic E-state index is 14.3. The van der Waals surface area contributed by atoms with E-state index in [4.69, 9.17) is 4.74 Å². The highest BCUT2D eigenvalue weighted by Gasteiger charge is 2.33. The second-order valence-electron chi connectivity index (χ2n) is 4.08. The third-order valence-electron chi connectivity index (χ3n) is 2.74. The van der Waals surface area contributed by atoms with Gasteiger partial charge in [0.1, 0.15) is 5.67 Å². The molecule has 1 atom stereocenters. The van der Waals surface area contributed by atoms with Crippen molar-refractivity contribution in [3.8, 4) is 0 Å². The van der Waals surface area contributed by atoms with Gasteiger partial charge in [0, 0.05) is 17.5 Å². The summed E-state index contributed by atoms with van der Waals surface area (Å²) < 4.78 is 20.5. The lowest BCUT2D eigenvalue weighted by molar-refractivity contribution is -0.0309. The van der Waals surface area contributed by atoms with E-state index in [9.17, 15) is 4.39 Å². The van der Waals surface area contributed by atoms with Crippen LogP contribution >= 0.6 is 15.9 Å². The van der Waals surface area contributed by atoms with Gasteiger partial charge in [0.2, 0.25) is 0 Å². The maximum Gasteiger partial charge on any atom is 0.138 e. The Balaban J connectivity index is 2.10. The highest BCUT2D eigenvalue weighted by Crippen LogP contribution is 2.30. The summed E-state index contributed by atoms with van der Waals surface area (Å²) in [6, 6.07) is 7.78. The van der Waals surface area contributed by atoms with E-state index in [1.165, 1.54) is 0 Å². The summed E-state index contributed by atoms with van der Waals surface area (Å²) in [5.74, 6) is 0. The van der Waals surface area contributed by atoms with E-state index in [2.05, 4.69) is 15.9 Å². The molecule has 15 heavy (non-hydrogen) atoms. The lowest BCUT2D eigenvalue weighted by atomic mass is 9.91. The van der Waals surface area contributed by atoms with Gasteiger partial charge >= 0.3 is 0 Å². The average Bonchev–Trinajstić information content (AvgIpc) is 2.22. The average molecular weight is 273 g/mol. The molecule has 1 aromatic rings. The molecule has 0 bridgehead atoms. The molecule has 1 aromatic carbocycles. The molecule has 0 aliphatic carbocycles. The molecule has 0 spiro atoms. The van der Waals surface area contributed by atoms with Gasteiger partial charge in [0.25, 0.3) is 0 Å². The molecule has 1 fully saturated rings. The summed E-state index contributed by atoms with van der Waals surface area (Å²) in [5, 5.41) is 0. The van der Waals surface area contributed by atoms with E-state index in [-0.39, 0.29) is 6.61 Å². The van der Waals surface area contributed by atoms with Crippen LogP contribution in [0, 0.1) is 0 Å². The van der Waals surface area contributed by atoms with Crippen LogP contribution in [-0.2, 0) is 11.2 Å². The zero-order valence-electron chi connectivity index (χ0n) is 8.51. The Morgan fingerprint density at radius 2 is 2.20 bits per heavy atom. The first-order chi connectivity index (χ1) is 7.20. The Bertz CT molecular complexity index is 334. The van der Waals surface area contributed by atoms with E-state index in [1.807, 2.05) is 24.3 Å². The number of benzene rings is 1. The van der Waals surface area contributed by atoms with Gasteiger partial charge in [0.05, 0.1) is 6.61 Å². The molecule has 0 saturated carbocycles. The highest BCUT2D eigenvalue weighted by molar-refractivity contribution is 9.10. The summed E-state index contributed by atoms with van der Waals surface area (Å²) in [4.78, 5) is 0. The summed E-state index contributed by atoms with van der Waals surface area (Å²) in [6.45, 7) is 0.927. The van der Waals surface area contributed by atoms with E-state index in [0.717, 1.165) is 16.5 Å². The zero-order valence-corrected chi connectivity index (χ0v) is 10.1. The number of alkyl halides is 1. The van der Waals surface area contributed by atoms with Gasteiger partial charge in [-0.1, -0.05) is 34.1 Å². The maximum atomic E-state index is 14.3. The van der Waals surface area contributed by atoms with Gasteiger partial charge in [-0.05, 0) is 24.5 Å². The monoisotopic (exact) mass is 272 g/mol. The molecule has 1 aliphatic rings. The smallest absolute Gasteiger partial charge is 0.138 e. The van der Waals surface area contributed by atoms with Crippen molar-refractivity contribution in [2.24, 2.45) is 0 Å². The Morgan fingerprint density at radius 3 is 2.87 bits per heavy atom. The van der Waals surface area contributed by atoms with Gasteiger partial charge in [-0.15, -0.1) is 0 Å². The number of ether oxygens (including phenoxy) is 1. The van der Waals surface area contributed by atoms with Crippen LogP contribution in [0.2, 0.25) is 0 Å². The molecule has 0 radical (unpaired) electrons. The fourth-order valence-corrected chi connectivity index (χ4v) is 2.37. The molecule has 3 heteroatoms. The van der Waals surface area contributed by atoms with E-state index < -0.39 is 5.67 Å². The number of hydrogen-bond acceptors (Lipinski definition) is 1. The highest BCUT2D eigenvalue weighted by atomic mass is 79.9. The van der Waals surface area contributed by atoms with Crippen molar-refractivity contribution in [1.29, 1.82) is 0 Å². The zero-order chi connectivity index (χ0) is 10.7. The molecule has 0 aromatic heterocycles. The van der Waals surface area contributed by atoms with Crippen molar-refractivity contribution in [3.63, 3.8) is 0 Å². The van der Waals surface area contributed by atoms with Gasteiger partial charge in [0.15, 0.2) is 0 Å². The predicted molar refractivity (Wildman–Crippen MR) is 61.7 cm³/mol. The fourth-order valence-electron chi connectivity index (χ4n) is 1.94. The van der Waals surface area contributed by atoms with E-state index in [1.54, 1.807) is 0 Å². The largest absolute Gasteiger partial charge is 0.378 e. The minimum absolute atomic E-state index is 0.230. The quantitative estimate of drug-likeness (QED) is 0.801. The molecule has 2 rings (SSSR count). The van der Waals surface area contributed by atoms with Gasteiger partial charge in [-0.25, -0.2) is 4.39 Å². The van der Waals surface area contributed by atoms with Gasteiger partial charge < -0.3 is 4.74 Å². The first kappa shape index (κ1) is 11.1. The number of rotatable bonds is 2. The molecule has 1 nitrogen and oxygen atoms in total. The Kier molecular flexibility index (Phi) is 3.42. The summed E-state index contributed by atoms with van der Waals surface area (Å²) in [6.07, 6.45) is 1.86. The molecule has 0 N–H and O–H groups in total. The SMILES string of the molecule is FC1(Cc2ccccc2Br)CCCOC1. The molecular formula is C12H14BrFO. The fraction of sp³-hybridized carbons (Fsp3) is 0.500. The lowest BCUT2D eigenvalue weighted by Crippen LogP contribution is -2.36. The Hall–Kier alpha value is -0.410. The lowest BCUT2D eigenvalue weighted by Gasteiger charge is -2.29. The van der Waals surface area contributed by atoms with Gasteiger partial charge in [-0.3, -0.25) is 0 Å². The minimum Gasteiger partial charge on any atom is -0.378 e. The van der Waals surface area contributed by atoms with Gasteiger partial charge in [-0.2, -0.15) is 0 Å². The van der Waals surface area contributed by atoms with Crippen LogP contribution in [0.25, 0.3) is 0 Å². The molecule has 1 heterocycles. The van der Waals surface area contributed by atoms with Crippen molar-refractivity contribution in [2.75, 3.05) is 13.2 Å². The van der Waals surface area contributed by atoms with Crippen LogP contribution in [-0.4, -0.2) is 18.9 Å².